The van der Waals surface area contributed by atoms with Crippen LogP contribution in [0.15, 0.2) is 42.5 Å². The lowest BCUT2D eigenvalue weighted by Crippen LogP contribution is -2.10. The topological polar surface area (TPSA) is 33.0 Å². The first-order chi connectivity index (χ1) is 9.91. The maximum Gasteiger partial charge on any atom is 0.144 e. The minimum atomic E-state index is -0.557. The molecule has 0 saturated carbocycles. The summed E-state index contributed by atoms with van der Waals surface area (Å²) >= 11 is 0. The van der Waals surface area contributed by atoms with Crippen molar-refractivity contribution in [2.75, 3.05) is 0 Å². The molecule has 21 heavy (non-hydrogen) atoms. The second kappa shape index (κ2) is 5.97. The quantitative estimate of drug-likeness (QED) is 0.826. The van der Waals surface area contributed by atoms with Gasteiger partial charge in [0.15, 0.2) is 0 Å². The van der Waals surface area contributed by atoms with Crippen molar-refractivity contribution in [3.63, 3.8) is 0 Å². The largest absolute Gasteiger partial charge is 0.487 e. The lowest BCUT2D eigenvalue weighted by Gasteiger charge is -2.19. The van der Waals surface area contributed by atoms with E-state index in [1.165, 1.54) is 17.7 Å². The van der Waals surface area contributed by atoms with Gasteiger partial charge in [0.05, 0.1) is 0 Å². The maximum atomic E-state index is 13.5. The third-order valence-electron chi connectivity index (χ3n) is 3.30. The van der Waals surface area contributed by atoms with E-state index in [0.29, 0.717) is 6.61 Å². The molecule has 2 nitrogen and oxygen atoms in total. The van der Waals surface area contributed by atoms with Gasteiger partial charge in [0.2, 0.25) is 0 Å². The van der Waals surface area contributed by atoms with Crippen LogP contribution < -0.4 is 4.74 Å². The van der Waals surface area contributed by atoms with Gasteiger partial charge in [-0.25, -0.2) is 4.39 Å². The number of hydrogen-bond acceptors (Lipinski definition) is 2. The molecule has 0 fully saturated rings. The Labute approximate surface area is 124 Å². The molecular formula is C18H18FNO. The van der Waals surface area contributed by atoms with Crippen LogP contribution in [0.5, 0.6) is 5.75 Å². The van der Waals surface area contributed by atoms with E-state index in [1.807, 2.05) is 18.2 Å². The van der Waals surface area contributed by atoms with Crippen LogP contribution in [0.2, 0.25) is 0 Å². The molecule has 0 unspecified atom stereocenters. The Bertz CT molecular complexity index is 663. The van der Waals surface area contributed by atoms with Gasteiger partial charge in [-0.1, -0.05) is 51.1 Å². The fourth-order valence-corrected chi connectivity index (χ4v) is 2.00. The molecule has 0 aromatic heterocycles. The van der Waals surface area contributed by atoms with Crippen LogP contribution in [0.4, 0.5) is 4.39 Å². The van der Waals surface area contributed by atoms with Crippen molar-refractivity contribution in [3.8, 4) is 11.8 Å². The van der Waals surface area contributed by atoms with Crippen LogP contribution in [-0.4, -0.2) is 0 Å². The number of halogens is 1. The molecule has 3 heteroatoms. The predicted molar refractivity (Wildman–Crippen MR) is 80.6 cm³/mol. The zero-order valence-corrected chi connectivity index (χ0v) is 12.5. The van der Waals surface area contributed by atoms with Gasteiger partial charge >= 0.3 is 0 Å². The number of benzene rings is 2. The molecule has 0 bridgehead atoms. The van der Waals surface area contributed by atoms with Crippen LogP contribution in [0.25, 0.3) is 0 Å². The summed E-state index contributed by atoms with van der Waals surface area (Å²) in [6.07, 6.45) is 0. The lowest BCUT2D eigenvalue weighted by atomic mass is 9.87. The maximum absolute atomic E-state index is 13.5. The molecule has 108 valence electrons. The Hall–Kier alpha value is -2.34. The first-order valence-electron chi connectivity index (χ1n) is 6.82. The van der Waals surface area contributed by atoms with E-state index in [4.69, 9.17) is 10.00 Å². The van der Waals surface area contributed by atoms with E-state index in [2.05, 4.69) is 32.9 Å². The smallest absolute Gasteiger partial charge is 0.144 e. The molecule has 0 aliphatic rings. The third-order valence-corrected chi connectivity index (χ3v) is 3.30. The Morgan fingerprint density at radius 2 is 1.76 bits per heavy atom. The summed E-state index contributed by atoms with van der Waals surface area (Å²) in [6, 6.07) is 14.3. The van der Waals surface area contributed by atoms with Crippen molar-refractivity contribution in [1.82, 2.24) is 0 Å². The third kappa shape index (κ3) is 3.61. The highest BCUT2D eigenvalue weighted by molar-refractivity contribution is 5.44. The zero-order valence-electron chi connectivity index (χ0n) is 12.5. The summed E-state index contributed by atoms with van der Waals surface area (Å²) in [6.45, 7) is 6.78. The van der Waals surface area contributed by atoms with E-state index in [-0.39, 0.29) is 16.7 Å². The van der Waals surface area contributed by atoms with Crippen LogP contribution in [-0.2, 0) is 12.0 Å². The Kier molecular flexibility index (Phi) is 4.28. The Morgan fingerprint density at radius 1 is 1.10 bits per heavy atom. The summed E-state index contributed by atoms with van der Waals surface area (Å²) in [5, 5.41) is 8.95. The number of hydrogen-bond donors (Lipinski definition) is 0. The van der Waals surface area contributed by atoms with E-state index in [1.54, 1.807) is 6.07 Å². The van der Waals surface area contributed by atoms with Crippen LogP contribution in [0.1, 0.15) is 37.5 Å². The van der Waals surface area contributed by atoms with Gasteiger partial charge in [0.25, 0.3) is 0 Å². The van der Waals surface area contributed by atoms with Crippen molar-refractivity contribution in [2.24, 2.45) is 0 Å². The number of ether oxygens (including phenoxy) is 1. The highest BCUT2D eigenvalue weighted by Crippen LogP contribution is 2.24. The summed E-state index contributed by atoms with van der Waals surface area (Å²) in [4.78, 5) is 0. The van der Waals surface area contributed by atoms with Gasteiger partial charge in [-0.15, -0.1) is 0 Å². The molecule has 0 saturated heterocycles. The fraction of sp³-hybridized carbons (Fsp3) is 0.278. The number of nitriles is 1. The van der Waals surface area contributed by atoms with Crippen LogP contribution in [0, 0.1) is 17.1 Å². The molecular weight excluding hydrogens is 265 g/mol. The second-order valence-electron chi connectivity index (χ2n) is 5.96. The summed E-state index contributed by atoms with van der Waals surface area (Å²) in [5.74, 6) is -0.282. The molecule has 0 amide bonds. The van der Waals surface area contributed by atoms with Gasteiger partial charge in [-0.2, -0.15) is 5.26 Å². The van der Waals surface area contributed by atoms with Crippen LogP contribution in [0.3, 0.4) is 0 Å². The molecule has 2 aromatic rings. The average Bonchev–Trinajstić information content (AvgIpc) is 2.44. The Balaban J connectivity index is 2.11. The van der Waals surface area contributed by atoms with Gasteiger partial charge in [0.1, 0.15) is 29.8 Å². The highest BCUT2D eigenvalue weighted by Gasteiger charge is 2.13. The van der Waals surface area contributed by atoms with E-state index in [9.17, 15) is 4.39 Å². The van der Waals surface area contributed by atoms with Gasteiger partial charge in [0, 0.05) is 0 Å². The van der Waals surface area contributed by atoms with Gasteiger partial charge < -0.3 is 4.74 Å². The van der Waals surface area contributed by atoms with E-state index in [0.717, 1.165) is 5.56 Å². The SMILES string of the molecule is CC(C)(C)c1ccc(COc2cccc(F)c2C#N)cc1. The lowest BCUT2D eigenvalue weighted by molar-refractivity contribution is 0.303. The van der Waals surface area contributed by atoms with Crippen molar-refractivity contribution in [1.29, 1.82) is 5.26 Å². The molecule has 0 atom stereocenters. The summed E-state index contributed by atoms with van der Waals surface area (Å²) < 4.78 is 19.0. The van der Waals surface area contributed by atoms with Crippen molar-refractivity contribution >= 4 is 0 Å². The van der Waals surface area contributed by atoms with Crippen LogP contribution >= 0.6 is 0 Å². The average molecular weight is 283 g/mol. The predicted octanol–water partition coefficient (Wildman–Crippen LogP) is 4.57. The first kappa shape index (κ1) is 15.1. The van der Waals surface area contributed by atoms with Gasteiger partial charge in [-0.3, -0.25) is 0 Å². The standard InChI is InChI=1S/C18H18FNO/c1-18(2,3)14-9-7-13(8-10-14)12-21-17-6-4-5-16(19)15(17)11-20/h4-10H,12H2,1-3H3. The molecule has 2 aromatic carbocycles. The second-order valence-corrected chi connectivity index (χ2v) is 5.96. The zero-order chi connectivity index (χ0) is 15.5. The van der Waals surface area contributed by atoms with E-state index >= 15 is 0 Å². The van der Waals surface area contributed by atoms with Crippen molar-refractivity contribution < 1.29 is 9.13 Å². The first-order valence-corrected chi connectivity index (χ1v) is 6.82. The highest BCUT2D eigenvalue weighted by atomic mass is 19.1. The minimum absolute atomic E-state index is 0.0520. The van der Waals surface area contributed by atoms with Gasteiger partial charge in [-0.05, 0) is 28.7 Å². The molecule has 0 spiro atoms. The van der Waals surface area contributed by atoms with Crippen molar-refractivity contribution in [2.45, 2.75) is 32.8 Å². The summed E-state index contributed by atoms with van der Waals surface area (Å²) in [7, 11) is 0. The molecule has 0 radical (unpaired) electrons. The monoisotopic (exact) mass is 283 g/mol. The molecule has 0 heterocycles. The molecule has 0 N–H and O–H groups in total. The van der Waals surface area contributed by atoms with Crippen molar-refractivity contribution in [3.05, 3.63) is 65.0 Å². The molecule has 0 aliphatic heterocycles. The summed E-state index contributed by atoms with van der Waals surface area (Å²) in [5.41, 5.74) is 2.28. The number of rotatable bonds is 3. The Morgan fingerprint density at radius 3 is 2.33 bits per heavy atom. The normalized spacial score (nSPS) is 11.0. The molecule has 2 rings (SSSR count). The number of nitrogens with zero attached hydrogens (tertiary/aromatic N) is 1. The molecule has 0 aliphatic carbocycles. The van der Waals surface area contributed by atoms with E-state index < -0.39 is 5.82 Å². The minimum Gasteiger partial charge on any atom is -0.487 e. The fourth-order valence-electron chi connectivity index (χ4n) is 2.00.